The van der Waals surface area contributed by atoms with Crippen LogP contribution in [0.5, 0.6) is 0 Å². The molecule has 6 rings (SSSR count). The standard InChI is InChI=1S/C38H34N6/c1-23-19-25(3)33-15-17-35(37(33)27(5)21-23)43-41-31-11-7-29(8-12-31)39-40-30-9-13-32(14-10-30)42-44-36-18-16-34-26(4)20-24(2)22-28(6)38(34)36/h7-22H,1-6H3. The quantitative estimate of drug-likeness (QED) is 0.177. The highest BCUT2D eigenvalue weighted by molar-refractivity contribution is 5.85. The first-order valence-corrected chi connectivity index (χ1v) is 14.7. The van der Waals surface area contributed by atoms with Crippen LogP contribution in [0.1, 0.15) is 33.4 Å². The van der Waals surface area contributed by atoms with Gasteiger partial charge in [-0.05, 0) is 136 Å². The lowest BCUT2D eigenvalue weighted by atomic mass is 10.0. The minimum Gasteiger partial charge on any atom is -0.151 e. The lowest BCUT2D eigenvalue weighted by molar-refractivity contribution is 1.20. The van der Waals surface area contributed by atoms with E-state index in [1.165, 1.54) is 44.5 Å². The molecule has 44 heavy (non-hydrogen) atoms. The van der Waals surface area contributed by atoms with Crippen LogP contribution in [0, 0.1) is 41.5 Å². The zero-order valence-corrected chi connectivity index (χ0v) is 25.9. The van der Waals surface area contributed by atoms with Crippen molar-refractivity contribution in [2.75, 3.05) is 0 Å². The molecule has 0 saturated carbocycles. The van der Waals surface area contributed by atoms with E-state index in [-0.39, 0.29) is 0 Å². The van der Waals surface area contributed by atoms with Crippen molar-refractivity contribution in [3.8, 4) is 22.3 Å². The molecule has 0 radical (unpaired) electrons. The first-order valence-electron chi connectivity index (χ1n) is 14.7. The molecule has 4 aliphatic carbocycles. The maximum Gasteiger partial charge on any atom is 0.0938 e. The van der Waals surface area contributed by atoms with Gasteiger partial charge in [-0.25, -0.2) is 0 Å². The Hall–Kier alpha value is -5.36. The van der Waals surface area contributed by atoms with Crippen LogP contribution >= 0.6 is 0 Å². The van der Waals surface area contributed by atoms with Crippen molar-refractivity contribution in [1.82, 2.24) is 0 Å². The van der Waals surface area contributed by atoms with Gasteiger partial charge in [0.25, 0.3) is 0 Å². The summed E-state index contributed by atoms with van der Waals surface area (Å²) in [6.45, 7) is 12.8. The maximum atomic E-state index is 4.57. The molecule has 216 valence electrons. The molecule has 2 aromatic rings. The Balaban J connectivity index is 1.12. The highest BCUT2D eigenvalue weighted by Gasteiger charge is 2.15. The number of aryl methyl sites for hydroxylation is 6. The minimum absolute atomic E-state index is 0.734. The van der Waals surface area contributed by atoms with Gasteiger partial charge in [0.1, 0.15) is 0 Å². The van der Waals surface area contributed by atoms with E-state index < -0.39 is 0 Å². The minimum atomic E-state index is 0.734. The van der Waals surface area contributed by atoms with E-state index >= 15 is 0 Å². The number of azo groups is 3. The molecule has 0 heterocycles. The summed E-state index contributed by atoms with van der Waals surface area (Å²) in [6, 6.07) is 32.2. The first-order chi connectivity index (χ1) is 21.2. The van der Waals surface area contributed by atoms with Crippen molar-refractivity contribution >= 4 is 34.1 Å². The Morgan fingerprint density at radius 3 is 0.955 bits per heavy atom. The van der Waals surface area contributed by atoms with Crippen LogP contribution in [0.4, 0.5) is 34.1 Å². The Morgan fingerprint density at radius 1 is 0.318 bits per heavy atom. The Bertz CT molecular complexity index is 1850. The van der Waals surface area contributed by atoms with E-state index in [2.05, 4.69) is 109 Å². The third kappa shape index (κ3) is 6.06. The zero-order valence-electron chi connectivity index (χ0n) is 25.9. The molecule has 0 atom stereocenters. The molecule has 0 fully saturated rings. The molecule has 0 saturated heterocycles. The maximum absolute atomic E-state index is 4.57. The molecule has 0 aliphatic heterocycles. The summed E-state index contributed by atoms with van der Waals surface area (Å²) >= 11 is 0. The molecule has 0 unspecified atom stereocenters. The lowest BCUT2D eigenvalue weighted by Gasteiger charge is -2.02. The van der Waals surface area contributed by atoms with Crippen LogP contribution < -0.4 is 0 Å². The summed E-state index contributed by atoms with van der Waals surface area (Å²) in [5, 5.41) is 26.9. The number of benzene rings is 2. The largest absolute Gasteiger partial charge is 0.151 e. The lowest BCUT2D eigenvalue weighted by Crippen LogP contribution is -1.77. The molecule has 0 N–H and O–H groups in total. The second kappa shape index (κ2) is 12.1. The summed E-state index contributed by atoms with van der Waals surface area (Å²) in [5.41, 5.74) is 16.8. The average molecular weight is 575 g/mol. The Labute approximate surface area is 258 Å². The van der Waals surface area contributed by atoms with Crippen molar-refractivity contribution in [3.63, 3.8) is 0 Å². The van der Waals surface area contributed by atoms with Gasteiger partial charge in [0, 0.05) is 11.1 Å². The van der Waals surface area contributed by atoms with Crippen LogP contribution in [-0.4, -0.2) is 0 Å². The SMILES string of the molecule is Cc1cc(C)c2ccc(N=Nc3ccc(N=Nc4ccc(N=Nc5ccc6c(C)cc(C)cc(C)c5-6)cc4)cc3)c-2c(C)c1. The van der Waals surface area contributed by atoms with Crippen LogP contribution in [0.2, 0.25) is 0 Å². The van der Waals surface area contributed by atoms with Crippen LogP contribution in [0.15, 0.2) is 128 Å². The molecule has 0 bridgehead atoms. The van der Waals surface area contributed by atoms with Crippen molar-refractivity contribution < 1.29 is 0 Å². The predicted molar refractivity (Wildman–Crippen MR) is 180 cm³/mol. The van der Waals surface area contributed by atoms with Gasteiger partial charge in [-0.15, -0.1) is 10.2 Å². The number of hydrogen-bond acceptors (Lipinski definition) is 6. The molecule has 6 nitrogen and oxygen atoms in total. The fourth-order valence-corrected chi connectivity index (χ4v) is 5.85. The summed E-state index contributed by atoms with van der Waals surface area (Å²) in [5.74, 6) is 0. The molecular formula is C38H34N6. The van der Waals surface area contributed by atoms with Crippen molar-refractivity contribution in [1.29, 1.82) is 0 Å². The number of nitrogens with zero attached hydrogens (tertiary/aromatic N) is 6. The van der Waals surface area contributed by atoms with E-state index in [4.69, 9.17) is 0 Å². The smallest absolute Gasteiger partial charge is 0.0938 e. The highest BCUT2D eigenvalue weighted by atomic mass is 15.1. The fraction of sp³-hybridized carbons (Fsp3) is 0.158. The average Bonchev–Trinajstić information content (AvgIpc) is 3.58. The van der Waals surface area contributed by atoms with Crippen LogP contribution in [0.25, 0.3) is 22.3 Å². The monoisotopic (exact) mass is 574 g/mol. The summed E-state index contributed by atoms with van der Waals surface area (Å²) in [4.78, 5) is 0. The third-order valence-electron chi connectivity index (χ3n) is 7.81. The van der Waals surface area contributed by atoms with Gasteiger partial charge >= 0.3 is 0 Å². The van der Waals surface area contributed by atoms with Crippen LogP contribution in [0.3, 0.4) is 0 Å². The molecular weight excluding hydrogens is 540 g/mol. The Kier molecular flexibility index (Phi) is 7.90. The summed E-state index contributed by atoms with van der Waals surface area (Å²) in [7, 11) is 0. The summed E-state index contributed by atoms with van der Waals surface area (Å²) < 4.78 is 0. The van der Waals surface area contributed by atoms with E-state index in [0.717, 1.165) is 45.3 Å². The second-order valence-corrected chi connectivity index (χ2v) is 11.4. The van der Waals surface area contributed by atoms with Gasteiger partial charge in [-0.2, -0.15) is 20.5 Å². The molecule has 0 spiro atoms. The molecule has 0 amide bonds. The van der Waals surface area contributed by atoms with Gasteiger partial charge in [-0.3, -0.25) is 0 Å². The first kappa shape index (κ1) is 28.7. The van der Waals surface area contributed by atoms with E-state index in [1.807, 2.05) is 60.7 Å². The normalized spacial score (nSPS) is 12.0. The number of fused-ring (bicyclic) bond motifs is 2. The highest BCUT2D eigenvalue weighted by Crippen LogP contribution is 2.41. The predicted octanol–water partition coefficient (Wildman–Crippen LogP) is 13.0. The van der Waals surface area contributed by atoms with Gasteiger partial charge in [-0.1, -0.05) is 47.5 Å². The van der Waals surface area contributed by atoms with Crippen molar-refractivity contribution in [3.05, 3.63) is 130 Å². The van der Waals surface area contributed by atoms with Crippen molar-refractivity contribution in [2.24, 2.45) is 30.7 Å². The summed E-state index contributed by atoms with van der Waals surface area (Å²) in [6.07, 6.45) is 0. The fourth-order valence-electron chi connectivity index (χ4n) is 5.85. The van der Waals surface area contributed by atoms with E-state index in [9.17, 15) is 0 Å². The molecule has 4 aliphatic rings. The van der Waals surface area contributed by atoms with Gasteiger partial charge in [0.05, 0.1) is 34.1 Å². The van der Waals surface area contributed by atoms with E-state index in [1.54, 1.807) is 0 Å². The molecule has 0 aromatic heterocycles. The number of hydrogen-bond donors (Lipinski definition) is 0. The van der Waals surface area contributed by atoms with Crippen molar-refractivity contribution in [2.45, 2.75) is 41.5 Å². The second-order valence-electron chi connectivity index (χ2n) is 11.4. The Morgan fingerprint density at radius 2 is 0.614 bits per heavy atom. The van der Waals surface area contributed by atoms with Crippen LogP contribution in [-0.2, 0) is 0 Å². The third-order valence-corrected chi connectivity index (χ3v) is 7.81. The molecule has 6 heteroatoms. The van der Waals surface area contributed by atoms with E-state index in [0.29, 0.717) is 0 Å². The van der Waals surface area contributed by atoms with Gasteiger partial charge < -0.3 is 0 Å². The topological polar surface area (TPSA) is 74.2 Å². The zero-order chi connectivity index (χ0) is 30.8. The number of rotatable bonds is 6. The molecule has 2 aromatic carbocycles. The van der Waals surface area contributed by atoms with Gasteiger partial charge in [0.2, 0.25) is 0 Å². The van der Waals surface area contributed by atoms with Gasteiger partial charge in [0.15, 0.2) is 0 Å².